The number of rotatable bonds is 10. The van der Waals surface area contributed by atoms with Crippen LogP contribution >= 0.6 is 0 Å². The Kier molecular flexibility index (Phi) is 9.10. The Morgan fingerprint density at radius 1 is 1.03 bits per heavy atom. The molecule has 0 radical (unpaired) electrons. The van der Waals surface area contributed by atoms with Crippen molar-refractivity contribution in [1.82, 2.24) is 9.97 Å². The quantitative estimate of drug-likeness (QED) is 0.247. The van der Waals surface area contributed by atoms with Gasteiger partial charge in [-0.3, -0.25) is 4.79 Å². The second-order valence-corrected chi connectivity index (χ2v) is 7.83. The molecule has 0 saturated heterocycles. The Hall–Kier alpha value is -2.87. The van der Waals surface area contributed by atoms with Gasteiger partial charge < -0.3 is 19.0 Å². The molecule has 172 valence electrons. The molecule has 0 aliphatic carbocycles. The molecule has 1 unspecified atom stereocenters. The van der Waals surface area contributed by atoms with Crippen LogP contribution in [0, 0.1) is 0 Å². The molecule has 1 N–H and O–H groups in total. The van der Waals surface area contributed by atoms with Crippen LogP contribution in [0.4, 0.5) is 0 Å². The number of fused-ring (bicyclic) bond motifs is 1. The van der Waals surface area contributed by atoms with E-state index < -0.39 is 5.97 Å². The number of benzene rings is 2. The third-order valence-electron chi connectivity index (χ3n) is 5.43. The van der Waals surface area contributed by atoms with E-state index in [4.69, 9.17) is 19.0 Å². The summed E-state index contributed by atoms with van der Waals surface area (Å²) in [6, 6.07) is 17.6. The normalized spacial score (nSPS) is 11.6. The van der Waals surface area contributed by atoms with Crippen molar-refractivity contribution < 1.29 is 23.8 Å². The van der Waals surface area contributed by atoms with Crippen LogP contribution in [0.1, 0.15) is 32.6 Å². The van der Waals surface area contributed by atoms with Crippen LogP contribution in [0.3, 0.4) is 0 Å². The molecule has 7 nitrogen and oxygen atoms in total. The summed E-state index contributed by atoms with van der Waals surface area (Å²) >= 11 is 0. The van der Waals surface area contributed by atoms with Crippen LogP contribution in [0.2, 0.25) is 0 Å². The molecule has 0 aliphatic rings. The van der Waals surface area contributed by atoms with Crippen LogP contribution in [0.25, 0.3) is 33.6 Å². The van der Waals surface area contributed by atoms with Gasteiger partial charge in [-0.2, -0.15) is 0 Å². The standard InChI is InChI=1S/C26H26N2O5.Na.H/c1-17(8-6-7-11-21(29)30)32-25-23-22(18-12-14-20(31-2)15-13-18)24(19-9-4-3-5-10-19)33-26(23)28-16-27-25;;/h3-5,9-10,12-17H,6-8,11H2,1-2H3,(H,29,30);;. The van der Waals surface area contributed by atoms with Crippen molar-refractivity contribution in [2.24, 2.45) is 0 Å². The van der Waals surface area contributed by atoms with Crippen molar-refractivity contribution in [3.8, 4) is 34.1 Å². The number of furan rings is 1. The van der Waals surface area contributed by atoms with E-state index in [2.05, 4.69) is 9.97 Å². The Labute approximate surface area is 220 Å². The summed E-state index contributed by atoms with van der Waals surface area (Å²) in [7, 11) is 1.63. The Morgan fingerprint density at radius 3 is 2.44 bits per heavy atom. The minimum atomic E-state index is -0.781. The number of hydrogen-bond donors (Lipinski definition) is 1. The van der Waals surface area contributed by atoms with E-state index in [0.29, 0.717) is 29.2 Å². The number of hydrogen-bond acceptors (Lipinski definition) is 6. The average molecular weight is 471 g/mol. The topological polar surface area (TPSA) is 94.7 Å². The van der Waals surface area contributed by atoms with Gasteiger partial charge >= 0.3 is 35.5 Å². The van der Waals surface area contributed by atoms with Crippen LogP contribution in [-0.2, 0) is 4.79 Å². The number of carboxylic acids is 1. The van der Waals surface area contributed by atoms with E-state index in [9.17, 15) is 4.79 Å². The van der Waals surface area contributed by atoms with Gasteiger partial charge in [0.25, 0.3) is 0 Å². The molecule has 8 heteroatoms. The summed E-state index contributed by atoms with van der Waals surface area (Å²) in [6.45, 7) is 1.96. The minimum absolute atomic E-state index is 0. The van der Waals surface area contributed by atoms with Gasteiger partial charge in [-0.15, -0.1) is 0 Å². The summed E-state index contributed by atoms with van der Waals surface area (Å²) in [6.07, 6.45) is 3.55. The van der Waals surface area contributed by atoms with Crippen molar-refractivity contribution in [2.45, 2.75) is 38.7 Å². The van der Waals surface area contributed by atoms with E-state index in [1.165, 1.54) is 6.33 Å². The van der Waals surface area contributed by atoms with Crippen molar-refractivity contribution in [1.29, 1.82) is 0 Å². The Bertz CT molecular complexity index is 1230. The molecule has 0 aliphatic heterocycles. The molecule has 2 aromatic heterocycles. The zero-order valence-electron chi connectivity index (χ0n) is 18.7. The third kappa shape index (κ3) is 5.97. The van der Waals surface area contributed by atoms with Crippen LogP contribution < -0.4 is 9.47 Å². The molecule has 0 amide bonds. The van der Waals surface area contributed by atoms with E-state index in [1.54, 1.807) is 7.11 Å². The molecule has 2 aromatic carbocycles. The molecule has 1 atom stereocenters. The first kappa shape index (κ1) is 25.7. The molecule has 2 heterocycles. The number of nitrogens with zero attached hydrogens (tertiary/aromatic N) is 2. The molecule has 34 heavy (non-hydrogen) atoms. The van der Waals surface area contributed by atoms with Gasteiger partial charge in [0.15, 0.2) is 0 Å². The number of aliphatic carboxylic acids is 1. The summed E-state index contributed by atoms with van der Waals surface area (Å²) < 4.78 is 17.7. The monoisotopic (exact) mass is 470 g/mol. The van der Waals surface area contributed by atoms with Crippen molar-refractivity contribution in [2.75, 3.05) is 7.11 Å². The van der Waals surface area contributed by atoms with Gasteiger partial charge in [-0.25, -0.2) is 9.97 Å². The summed E-state index contributed by atoms with van der Waals surface area (Å²) in [4.78, 5) is 19.5. The Morgan fingerprint density at radius 2 is 1.76 bits per heavy atom. The van der Waals surface area contributed by atoms with E-state index >= 15 is 0 Å². The number of methoxy groups -OCH3 is 1. The van der Waals surface area contributed by atoms with Gasteiger partial charge in [0.2, 0.25) is 11.6 Å². The average Bonchev–Trinajstić information content (AvgIpc) is 3.23. The Balaban J connectivity index is 0.00000324. The fourth-order valence-electron chi connectivity index (χ4n) is 3.78. The second-order valence-electron chi connectivity index (χ2n) is 7.83. The molecule has 4 aromatic rings. The fourth-order valence-corrected chi connectivity index (χ4v) is 3.78. The summed E-state index contributed by atoms with van der Waals surface area (Å²) in [5, 5.41) is 9.54. The van der Waals surface area contributed by atoms with Gasteiger partial charge in [-0.1, -0.05) is 42.5 Å². The molecule has 0 saturated carbocycles. The first-order chi connectivity index (χ1) is 16.1. The third-order valence-corrected chi connectivity index (χ3v) is 5.43. The number of carboxylic acid groups (broad SMARTS) is 1. The van der Waals surface area contributed by atoms with Crippen LogP contribution in [-0.4, -0.2) is 63.8 Å². The summed E-state index contributed by atoms with van der Waals surface area (Å²) in [5.74, 6) is 1.12. The molecule has 4 rings (SSSR count). The molecular formula is C26H27N2NaO5. The SMILES string of the molecule is COc1ccc(-c2c(-c3ccccc3)oc3ncnc(OC(C)CCCCC(=O)O)c23)cc1.[NaH]. The zero-order chi connectivity index (χ0) is 23.2. The maximum absolute atomic E-state index is 10.7. The number of unbranched alkanes of at least 4 members (excludes halogenated alkanes) is 1. The molecular weight excluding hydrogens is 443 g/mol. The predicted molar refractivity (Wildman–Crippen MR) is 133 cm³/mol. The van der Waals surface area contributed by atoms with Gasteiger partial charge in [-0.05, 0) is 43.9 Å². The fraction of sp³-hybridized carbons (Fsp3) is 0.269. The van der Waals surface area contributed by atoms with Gasteiger partial charge in [0, 0.05) is 17.5 Å². The first-order valence-electron chi connectivity index (χ1n) is 10.9. The van der Waals surface area contributed by atoms with E-state index in [0.717, 1.165) is 35.3 Å². The number of carbonyl (C=O) groups is 1. The van der Waals surface area contributed by atoms with Crippen molar-refractivity contribution in [3.05, 3.63) is 60.9 Å². The predicted octanol–water partition coefficient (Wildman–Crippen LogP) is 5.33. The molecule has 0 fully saturated rings. The van der Waals surface area contributed by atoms with Crippen molar-refractivity contribution in [3.63, 3.8) is 0 Å². The maximum atomic E-state index is 10.7. The number of aromatic nitrogens is 2. The first-order valence-corrected chi connectivity index (χ1v) is 10.9. The van der Waals surface area contributed by atoms with Crippen molar-refractivity contribution >= 4 is 46.6 Å². The van der Waals surface area contributed by atoms with Gasteiger partial charge in [0.1, 0.15) is 23.2 Å². The zero-order valence-corrected chi connectivity index (χ0v) is 18.7. The molecule has 0 spiro atoms. The van der Waals surface area contributed by atoms with Gasteiger partial charge in [0.05, 0.1) is 13.2 Å². The number of ether oxygens (including phenoxy) is 2. The second kappa shape index (κ2) is 12.0. The van der Waals surface area contributed by atoms with E-state index in [-0.39, 0.29) is 42.1 Å². The van der Waals surface area contributed by atoms with Crippen LogP contribution in [0.15, 0.2) is 65.3 Å². The van der Waals surface area contributed by atoms with Crippen LogP contribution in [0.5, 0.6) is 11.6 Å². The summed E-state index contributed by atoms with van der Waals surface area (Å²) in [5.41, 5.74) is 3.16. The van der Waals surface area contributed by atoms with E-state index in [1.807, 2.05) is 61.5 Å². The molecule has 0 bridgehead atoms.